The average Bonchev–Trinajstić information content (AvgIpc) is 2.77. The number of aliphatic hydroxyl groups excluding tert-OH is 1. The van der Waals surface area contributed by atoms with E-state index in [1.807, 2.05) is 37.3 Å². The smallest absolute Gasteiger partial charge is 0.130 e. The highest BCUT2D eigenvalue weighted by Crippen LogP contribution is 2.32. The maximum absolute atomic E-state index is 10.8. The topological polar surface area (TPSA) is 68.2 Å². The Morgan fingerprint density at radius 2 is 1.73 bits per heavy atom. The van der Waals surface area contributed by atoms with Crippen LogP contribution < -0.4 is 14.2 Å². The molecule has 3 aromatic carbocycles. The third-order valence-corrected chi connectivity index (χ3v) is 4.53. The first-order chi connectivity index (χ1) is 14.6. The first-order valence-electron chi connectivity index (χ1n) is 9.77. The SMILES string of the molecule is CCOc1cc(O)ccc1C=CC(O)c1ccc(OC)cc1OCc1ccccc1. The van der Waals surface area contributed by atoms with E-state index in [2.05, 4.69) is 0 Å². The van der Waals surface area contributed by atoms with Crippen LogP contribution in [0, 0.1) is 0 Å². The summed E-state index contributed by atoms with van der Waals surface area (Å²) in [7, 11) is 1.59. The molecule has 1 atom stereocenters. The third-order valence-electron chi connectivity index (χ3n) is 4.53. The molecule has 2 N–H and O–H groups in total. The fraction of sp³-hybridized carbons (Fsp3) is 0.200. The lowest BCUT2D eigenvalue weighted by Crippen LogP contribution is -2.02. The van der Waals surface area contributed by atoms with Crippen LogP contribution >= 0.6 is 0 Å². The molecular formula is C25H26O5. The molecule has 0 aliphatic heterocycles. The van der Waals surface area contributed by atoms with Gasteiger partial charge in [0.25, 0.3) is 0 Å². The van der Waals surface area contributed by atoms with E-state index < -0.39 is 6.10 Å². The second-order valence-electron chi connectivity index (χ2n) is 6.64. The molecule has 0 saturated heterocycles. The Morgan fingerprint density at radius 1 is 0.933 bits per heavy atom. The quantitative estimate of drug-likeness (QED) is 0.516. The summed E-state index contributed by atoms with van der Waals surface area (Å²) < 4.78 is 16.9. The number of phenolic OH excluding ortho intramolecular Hbond substituents is 1. The van der Waals surface area contributed by atoms with Gasteiger partial charge in [-0.1, -0.05) is 42.5 Å². The van der Waals surface area contributed by atoms with E-state index in [1.165, 1.54) is 0 Å². The molecule has 0 saturated carbocycles. The zero-order valence-corrected chi connectivity index (χ0v) is 17.1. The minimum Gasteiger partial charge on any atom is -0.508 e. The summed E-state index contributed by atoms with van der Waals surface area (Å²) in [5.41, 5.74) is 2.41. The molecule has 156 valence electrons. The largest absolute Gasteiger partial charge is 0.508 e. The van der Waals surface area contributed by atoms with Crippen molar-refractivity contribution in [2.75, 3.05) is 13.7 Å². The summed E-state index contributed by atoms with van der Waals surface area (Å²) in [5, 5.41) is 20.5. The van der Waals surface area contributed by atoms with Gasteiger partial charge in [-0.3, -0.25) is 0 Å². The van der Waals surface area contributed by atoms with Gasteiger partial charge in [-0.2, -0.15) is 0 Å². The lowest BCUT2D eigenvalue weighted by molar-refractivity contribution is 0.217. The van der Waals surface area contributed by atoms with Crippen molar-refractivity contribution in [3.05, 3.63) is 89.5 Å². The van der Waals surface area contributed by atoms with Crippen LogP contribution in [0.15, 0.2) is 72.8 Å². The molecular weight excluding hydrogens is 380 g/mol. The monoisotopic (exact) mass is 406 g/mol. The maximum Gasteiger partial charge on any atom is 0.130 e. The first kappa shape index (κ1) is 21.3. The number of ether oxygens (including phenoxy) is 3. The Hall–Kier alpha value is -3.44. The van der Waals surface area contributed by atoms with E-state index in [1.54, 1.807) is 55.7 Å². The van der Waals surface area contributed by atoms with Crippen LogP contribution in [0.2, 0.25) is 0 Å². The van der Waals surface area contributed by atoms with Crippen LogP contribution in [-0.4, -0.2) is 23.9 Å². The third kappa shape index (κ3) is 5.55. The minimum absolute atomic E-state index is 0.128. The van der Waals surface area contributed by atoms with Crippen molar-refractivity contribution >= 4 is 6.08 Å². The number of phenols is 1. The van der Waals surface area contributed by atoms with E-state index in [-0.39, 0.29) is 5.75 Å². The number of methoxy groups -OCH3 is 1. The highest BCUT2D eigenvalue weighted by atomic mass is 16.5. The first-order valence-corrected chi connectivity index (χ1v) is 9.77. The predicted octanol–water partition coefficient (Wildman–Crippen LogP) is 5.13. The molecule has 5 nitrogen and oxygen atoms in total. The van der Waals surface area contributed by atoms with Gasteiger partial charge >= 0.3 is 0 Å². The molecule has 0 fully saturated rings. The van der Waals surface area contributed by atoms with Gasteiger partial charge in [0.15, 0.2) is 0 Å². The van der Waals surface area contributed by atoms with Crippen LogP contribution in [0.5, 0.6) is 23.0 Å². The van der Waals surface area contributed by atoms with Crippen LogP contribution in [-0.2, 0) is 6.61 Å². The lowest BCUT2D eigenvalue weighted by atomic mass is 10.1. The van der Waals surface area contributed by atoms with E-state index in [9.17, 15) is 10.2 Å². The van der Waals surface area contributed by atoms with Crippen LogP contribution in [0.25, 0.3) is 6.08 Å². The maximum atomic E-state index is 10.8. The summed E-state index contributed by atoms with van der Waals surface area (Å²) in [6, 6.07) is 20.0. The van der Waals surface area contributed by atoms with Crippen LogP contribution in [0.1, 0.15) is 29.7 Å². The van der Waals surface area contributed by atoms with Crippen molar-refractivity contribution in [3.63, 3.8) is 0 Å². The van der Waals surface area contributed by atoms with Crippen molar-refractivity contribution in [2.24, 2.45) is 0 Å². The van der Waals surface area contributed by atoms with Gasteiger partial charge in [-0.05, 0) is 36.8 Å². The van der Waals surface area contributed by atoms with Gasteiger partial charge in [0.2, 0.25) is 0 Å². The van der Waals surface area contributed by atoms with Crippen molar-refractivity contribution < 1.29 is 24.4 Å². The van der Waals surface area contributed by atoms with Gasteiger partial charge < -0.3 is 24.4 Å². The van der Waals surface area contributed by atoms with E-state index in [0.29, 0.717) is 36.0 Å². The molecule has 3 rings (SSSR count). The molecule has 0 amide bonds. The number of aromatic hydroxyl groups is 1. The van der Waals surface area contributed by atoms with E-state index >= 15 is 0 Å². The summed E-state index contributed by atoms with van der Waals surface area (Å²) >= 11 is 0. The Bertz CT molecular complexity index is 982. The molecule has 0 aliphatic rings. The Morgan fingerprint density at radius 3 is 2.47 bits per heavy atom. The van der Waals surface area contributed by atoms with Crippen molar-refractivity contribution in [3.8, 4) is 23.0 Å². The molecule has 0 aromatic heterocycles. The molecule has 0 aliphatic carbocycles. The second kappa shape index (κ2) is 10.4. The molecule has 1 unspecified atom stereocenters. The zero-order chi connectivity index (χ0) is 21.3. The lowest BCUT2D eigenvalue weighted by Gasteiger charge is -2.16. The fourth-order valence-electron chi connectivity index (χ4n) is 2.99. The summed E-state index contributed by atoms with van der Waals surface area (Å²) in [6.45, 7) is 2.73. The highest BCUT2D eigenvalue weighted by molar-refractivity contribution is 5.60. The summed E-state index contributed by atoms with van der Waals surface area (Å²) in [6.07, 6.45) is 2.52. The Labute approximate surface area is 176 Å². The summed E-state index contributed by atoms with van der Waals surface area (Å²) in [4.78, 5) is 0. The van der Waals surface area contributed by atoms with Crippen LogP contribution in [0.3, 0.4) is 0 Å². The zero-order valence-electron chi connectivity index (χ0n) is 17.1. The molecule has 0 bridgehead atoms. The molecule has 5 heteroatoms. The Balaban J connectivity index is 1.82. The molecule has 0 heterocycles. The normalized spacial score (nSPS) is 12.0. The second-order valence-corrected chi connectivity index (χ2v) is 6.64. The van der Waals surface area contributed by atoms with Gasteiger partial charge in [0.05, 0.1) is 13.7 Å². The number of aliphatic hydroxyl groups is 1. The van der Waals surface area contributed by atoms with E-state index in [4.69, 9.17) is 14.2 Å². The van der Waals surface area contributed by atoms with Crippen LogP contribution in [0.4, 0.5) is 0 Å². The van der Waals surface area contributed by atoms with Gasteiger partial charge in [-0.15, -0.1) is 0 Å². The van der Waals surface area contributed by atoms with Gasteiger partial charge in [0.1, 0.15) is 35.7 Å². The minimum atomic E-state index is -0.898. The number of hydrogen-bond donors (Lipinski definition) is 2. The van der Waals surface area contributed by atoms with Gasteiger partial charge in [0, 0.05) is 23.3 Å². The van der Waals surface area contributed by atoms with E-state index in [0.717, 1.165) is 11.1 Å². The van der Waals surface area contributed by atoms with Crippen molar-refractivity contribution in [2.45, 2.75) is 19.6 Å². The van der Waals surface area contributed by atoms with Gasteiger partial charge in [-0.25, -0.2) is 0 Å². The molecule has 0 spiro atoms. The number of hydrogen-bond acceptors (Lipinski definition) is 5. The van der Waals surface area contributed by atoms with Crippen molar-refractivity contribution in [1.82, 2.24) is 0 Å². The predicted molar refractivity (Wildman–Crippen MR) is 117 cm³/mol. The average molecular weight is 406 g/mol. The standard InChI is InChI=1S/C25H26O5/c1-3-29-24-15-20(26)11-9-19(24)10-14-23(27)22-13-12-21(28-2)16-25(22)30-17-18-7-5-4-6-8-18/h4-16,23,26-27H,3,17H2,1-2H3. The molecule has 0 radical (unpaired) electrons. The van der Waals surface area contributed by atoms with Crippen molar-refractivity contribution in [1.29, 1.82) is 0 Å². The molecule has 3 aromatic rings. The number of benzene rings is 3. The molecule has 30 heavy (non-hydrogen) atoms. The highest BCUT2D eigenvalue weighted by Gasteiger charge is 2.13. The Kier molecular flexibility index (Phi) is 7.35. The fourth-order valence-corrected chi connectivity index (χ4v) is 2.99. The number of rotatable bonds is 9. The summed E-state index contributed by atoms with van der Waals surface area (Å²) in [5.74, 6) is 1.88.